The highest BCUT2D eigenvalue weighted by Crippen LogP contribution is 2.44. The second-order valence-electron chi connectivity index (χ2n) is 11.6. The van der Waals surface area contributed by atoms with E-state index < -0.39 is 26.4 Å². The Labute approximate surface area is 238 Å². The second kappa shape index (κ2) is 11.0. The van der Waals surface area contributed by atoms with E-state index in [1.54, 1.807) is 41.1 Å². The van der Waals surface area contributed by atoms with E-state index >= 15 is 0 Å². The number of halogens is 3. The number of fused-ring (bicyclic) bond motifs is 2. The average molecular weight is 596 g/mol. The quantitative estimate of drug-likeness (QED) is 0.221. The molecule has 0 saturated carbocycles. The SMILES string of the molecule is CSc1ncc2c(n1)N(CCO[Si](C)(C)C(C)(C)C)C(=O)N([C@H]1CCN(C(=O)C(F)(F)F)c3c(C)cccc31)C2. The number of amides is 3. The van der Waals surface area contributed by atoms with Crippen LogP contribution in [0.2, 0.25) is 18.1 Å². The van der Waals surface area contributed by atoms with Gasteiger partial charge in [0.2, 0.25) is 0 Å². The number of nitrogens with zero attached hydrogens (tertiary/aromatic N) is 5. The zero-order chi connectivity index (χ0) is 29.6. The van der Waals surface area contributed by atoms with Crippen molar-refractivity contribution in [3.05, 3.63) is 41.1 Å². The molecule has 4 rings (SSSR count). The summed E-state index contributed by atoms with van der Waals surface area (Å²) in [5.41, 5.74) is 2.01. The topological polar surface area (TPSA) is 78.9 Å². The van der Waals surface area contributed by atoms with Crippen LogP contribution in [0.1, 0.15) is 49.9 Å². The second-order valence-corrected chi connectivity index (χ2v) is 17.2. The normalized spacial score (nSPS) is 18.1. The van der Waals surface area contributed by atoms with Crippen molar-refractivity contribution < 1.29 is 27.2 Å². The molecule has 0 spiro atoms. The predicted octanol–water partition coefficient (Wildman–Crippen LogP) is 6.31. The third-order valence-electron chi connectivity index (χ3n) is 8.05. The van der Waals surface area contributed by atoms with E-state index in [1.165, 1.54) is 11.8 Å². The number of para-hydroxylation sites is 1. The van der Waals surface area contributed by atoms with Crippen LogP contribution in [0.5, 0.6) is 0 Å². The number of benzene rings is 1. The fraction of sp³-hybridized carbons (Fsp3) is 0.556. The third kappa shape index (κ3) is 5.73. The molecule has 0 N–H and O–H groups in total. The highest BCUT2D eigenvalue weighted by molar-refractivity contribution is 7.98. The number of thioether (sulfide) groups is 1. The molecule has 0 aliphatic carbocycles. The first-order valence-electron chi connectivity index (χ1n) is 13.2. The van der Waals surface area contributed by atoms with Crippen LogP contribution in [0.15, 0.2) is 29.6 Å². The molecule has 0 fully saturated rings. The Bertz CT molecular complexity index is 1300. The zero-order valence-electron chi connectivity index (χ0n) is 23.9. The number of alkyl halides is 3. The summed E-state index contributed by atoms with van der Waals surface area (Å²) < 4.78 is 46.7. The molecule has 3 heterocycles. The number of aromatic nitrogens is 2. The first kappa shape index (κ1) is 30.3. The minimum absolute atomic E-state index is 0.000427. The maximum absolute atomic E-state index is 14.1. The monoisotopic (exact) mass is 595 g/mol. The summed E-state index contributed by atoms with van der Waals surface area (Å²) >= 11 is 1.37. The number of hydrogen-bond acceptors (Lipinski definition) is 6. The molecule has 40 heavy (non-hydrogen) atoms. The molecule has 13 heteroatoms. The Morgan fingerprint density at radius 3 is 2.55 bits per heavy atom. The van der Waals surface area contributed by atoms with Crippen LogP contribution in [-0.4, -0.2) is 67.3 Å². The molecule has 2 aromatic rings. The molecule has 1 atom stereocenters. The molecular weight excluding hydrogens is 559 g/mol. The molecule has 0 saturated heterocycles. The van der Waals surface area contributed by atoms with Crippen LogP contribution in [0, 0.1) is 6.92 Å². The van der Waals surface area contributed by atoms with E-state index in [4.69, 9.17) is 4.43 Å². The van der Waals surface area contributed by atoms with Gasteiger partial charge in [-0.3, -0.25) is 9.69 Å². The first-order valence-corrected chi connectivity index (χ1v) is 17.3. The number of aryl methyl sites for hydroxylation is 1. The molecule has 1 aromatic carbocycles. The molecule has 0 unspecified atom stereocenters. The van der Waals surface area contributed by atoms with Gasteiger partial charge in [0.15, 0.2) is 13.5 Å². The Balaban J connectivity index is 1.70. The zero-order valence-corrected chi connectivity index (χ0v) is 25.7. The van der Waals surface area contributed by atoms with E-state index in [9.17, 15) is 22.8 Å². The molecule has 3 amide bonds. The number of carbonyl (C=O) groups excluding carboxylic acids is 2. The molecule has 0 bridgehead atoms. The van der Waals surface area contributed by atoms with Crippen LogP contribution < -0.4 is 9.80 Å². The highest BCUT2D eigenvalue weighted by Gasteiger charge is 2.47. The van der Waals surface area contributed by atoms with Crippen molar-refractivity contribution in [1.82, 2.24) is 14.9 Å². The van der Waals surface area contributed by atoms with Gasteiger partial charge in [-0.2, -0.15) is 13.2 Å². The van der Waals surface area contributed by atoms with Gasteiger partial charge in [-0.15, -0.1) is 0 Å². The molecule has 1 aromatic heterocycles. The van der Waals surface area contributed by atoms with Gasteiger partial charge < -0.3 is 14.2 Å². The summed E-state index contributed by atoms with van der Waals surface area (Å²) in [7, 11) is -2.08. The molecule has 0 radical (unpaired) electrons. The van der Waals surface area contributed by atoms with Crippen molar-refractivity contribution in [3.63, 3.8) is 0 Å². The van der Waals surface area contributed by atoms with Crippen molar-refractivity contribution in [1.29, 1.82) is 0 Å². The van der Waals surface area contributed by atoms with Crippen LogP contribution in [0.4, 0.5) is 29.5 Å². The molecule has 8 nitrogen and oxygen atoms in total. The van der Waals surface area contributed by atoms with E-state index in [1.807, 2.05) is 6.26 Å². The van der Waals surface area contributed by atoms with Gasteiger partial charge in [-0.25, -0.2) is 14.8 Å². The van der Waals surface area contributed by atoms with Gasteiger partial charge >= 0.3 is 18.1 Å². The summed E-state index contributed by atoms with van der Waals surface area (Å²) in [6.07, 6.45) is -1.27. The van der Waals surface area contributed by atoms with Crippen molar-refractivity contribution >= 4 is 43.5 Å². The van der Waals surface area contributed by atoms with Crippen LogP contribution in [0.25, 0.3) is 0 Å². The van der Waals surface area contributed by atoms with Crippen LogP contribution in [-0.2, 0) is 15.8 Å². The first-order chi connectivity index (χ1) is 18.6. The van der Waals surface area contributed by atoms with Gasteiger partial charge in [-0.1, -0.05) is 50.7 Å². The summed E-state index contributed by atoms with van der Waals surface area (Å²) in [5.74, 6) is -1.38. The molecule has 2 aliphatic heterocycles. The van der Waals surface area contributed by atoms with Gasteiger partial charge in [0.25, 0.3) is 0 Å². The lowest BCUT2D eigenvalue weighted by Crippen LogP contribution is -2.53. The fourth-order valence-corrected chi connectivity index (χ4v) is 6.26. The summed E-state index contributed by atoms with van der Waals surface area (Å²) in [6.45, 7) is 13.0. The Morgan fingerprint density at radius 2 is 1.93 bits per heavy atom. The standard InChI is InChI=1S/C27H36F3N5O3SSi/c1-17-9-8-10-19-20(11-12-33(21(17)19)23(36)27(28,29)30)35-16-18-15-31-24(39-5)32-22(18)34(25(35)37)13-14-38-40(6,7)26(2,3)4/h8-10,15,20H,11-14,16H2,1-7H3/t20-/m0/s1. The number of rotatable bonds is 6. The van der Waals surface area contributed by atoms with Gasteiger partial charge in [0.05, 0.1) is 31.4 Å². The largest absolute Gasteiger partial charge is 0.471 e. The van der Waals surface area contributed by atoms with Crippen molar-refractivity contribution in [2.24, 2.45) is 0 Å². The Kier molecular flexibility index (Phi) is 8.32. The van der Waals surface area contributed by atoms with E-state index in [0.717, 1.165) is 10.5 Å². The van der Waals surface area contributed by atoms with E-state index in [0.29, 0.717) is 28.7 Å². The van der Waals surface area contributed by atoms with Crippen molar-refractivity contribution in [2.75, 3.05) is 35.8 Å². The molecule has 2 aliphatic rings. The fourth-order valence-electron chi connectivity index (χ4n) is 4.89. The summed E-state index contributed by atoms with van der Waals surface area (Å²) in [5, 5.41) is 0.538. The van der Waals surface area contributed by atoms with Crippen molar-refractivity contribution in [3.8, 4) is 0 Å². The lowest BCUT2D eigenvalue weighted by Gasteiger charge is -2.44. The van der Waals surface area contributed by atoms with Crippen LogP contribution in [0.3, 0.4) is 0 Å². The lowest BCUT2D eigenvalue weighted by molar-refractivity contribution is -0.170. The maximum atomic E-state index is 14.1. The van der Waals surface area contributed by atoms with E-state index in [2.05, 4.69) is 43.8 Å². The number of urea groups is 1. The minimum atomic E-state index is -5.00. The number of anilines is 2. The highest BCUT2D eigenvalue weighted by atomic mass is 32.2. The van der Waals surface area contributed by atoms with Crippen LogP contribution >= 0.6 is 11.8 Å². The third-order valence-corrected chi connectivity index (χ3v) is 13.1. The Hall–Kier alpha value is -2.64. The number of carbonyl (C=O) groups is 2. The van der Waals surface area contributed by atoms with E-state index in [-0.39, 0.29) is 42.8 Å². The lowest BCUT2D eigenvalue weighted by atomic mass is 9.91. The molecular formula is C27H36F3N5O3SSi. The maximum Gasteiger partial charge on any atom is 0.471 e. The summed E-state index contributed by atoms with van der Waals surface area (Å²) in [6, 6.07) is 4.28. The van der Waals surface area contributed by atoms with Crippen molar-refractivity contribution in [2.45, 2.75) is 76.2 Å². The smallest absolute Gasteiger partial charge is 0.415 e. The predicted molar refractivity (Wildman–Crippen MR) is 152 cm³/mol. The Morgan fingerprint density at radius 1 is 1.23 bits per heavy atom. The van der Waals surface area contributed by atoms with Gasteiger partial charge in [0.1, 0.15) is 5.82 Å². The van der Waals surface area contributed by atoms with Gasteiger partial charge in [0, 0.05) is 18.3 Å². The number of hydrogen-bond donors (Lipinski definition) is 0. The average Bonchev–Trinajstić information content (AvgIpc) is 2.87. The molecule has 218 valence electrons. The van der Waals surface area contributed by atoms with Gasteiger partial charge in [-0.05, 0) is 48.9 Å². The summed E-state index contributed by atoms with van der Waals surface area (Å²) in [4.78, 5) is 39.5. The minimum Gasteiger partial charge on any atom is -0.415 e.